The zero-order valence-electron chi connectivity index (χ0n) is 18.4. The Hall–Kier alpha value is -2.85. The minimum Gasteiger partial charge on any atom is -0.493 e. The molecule has 0 heterocycles. The van der Waals surface area contributed by atoms with Gasteiger partial charge >= 0.3 is 0 Å². The van der Waals surface area contributed by atoms with Crippen LogP contribution in [0.25, 0.3) is 0 Å². The van der Waals surface area contributed by atoms with Gasteiger partial charge in [-0.25, -0.2) is 13.8 Å². The first-order chi connectivity index (χ1) is 15.1. The summed E-state index contributed by atoms with van der Waals surface area (Å²) in [6.45, 7) is 7.24. The first kappa shape index (κ1) is 25.4. The van der Waals surface area contributed by atoms with Gasteiger partial charge in [-0.1, -0.05) is 30.4 Å². The molecule has 172 valence electrons. The number of hydrazone groups is 1. The zero-order valence-corrected chi connectivity index (χ0v) is 20.8. The number of nitrogens with zero attached hydrogens (tertiary/aromatic N) is 2. The Labute approximate surface area is 197 Å². The van der Waals surface area contributed by atoms with Gasteiger partial charge in [0.05, 0.1) is 29.7 Å². The Balaban J connectivity index is 2.15. The molecule has 1 amide bonds. The van der Waals surface area contributed by atoms with Crippen molar-refractivity contribution < 1.29 is 22.7 Å². The van der Waals surface area contributed by atoms with E-state index in [1.807, 2.05) is 13.0 Å². The summed E-state index contributed by atoms with van der Waals surface area (Å²) in [5, 5.41) is 3.94. The number of carbonyl (C=O) groups is 1. The summed E-state index contributed by atoms with van der Waals surface area (Å²) in [5.74, 6) is 0.418. The number of halogens is 1. The fourth-order valence-corrected chi connectivity index (χ4v) is 4.40. The number of methoxy groups -OCH3 is 1. The molecule has 8 nitrogen and oxygen atoms in total. The van der Waals surface area contributed by atoms with Crippen LogP contribution in [0.5, 0.6) is 11.5 Å². The second-order valence-electron chi connectivity index (χ2n) is 6.99. The van der Waals surface area contributed by atoms with Gasteiger partial charge in [0.2, 0.25) is 10.0 Å². The van der Waals surface area contributed by atoms with Crippen LogP contribution in [0.2, 0.25) is 0 Å². The molecule has 0 saturated heterocycles. The lowest BCUT2D eigenvalue weighted by atomic mass is 10.1. The van der Waals surface area contributed by atoms with Gasteiger partial charge in [-0.2, -0.15) is 5.10 Å². The van der Waals surface area contributed by atoms with E-state index in [0.29, 0.717) is 33.8 Å². The number of benzene rings is 2. The number of anilines is 1. The number of nitrogens with one attached hydrogen (secondary N) is 1. The Kier molecular flexibility index (Phi) is 8.85. The molecule has 0 spiro atoms. The maximum absolute atomic E-state index is 12.4. The van der Waals surface area contributed by atoms with Crippen molar-refractivity contribution >= 4 is 43.8 Å². The molecular formula is C22H26BrN3O5S. The molecule has 0 aliphatic rings. The van der Waals surface area contributed by atoms with Crippen LogP contribution < -0.4 is 19.2 Å². The van der Waals surface area contributed by atoms with Gasteiger partial charge in [0.15, 0.2) is 11.5 Å². The Morgan fingerprint density at radius 1 is 1.28 bits per heavy atom. The fraction of sp³-hybridized carbons (Fsp3) is 0.273. The van der Waals surface area contributed by atoms with Gasteiger partial charge in [0.1, 0.15) is 13.2 Å². The first-order valence-corrected chi connectivity index (χ1v) is 12.2. The molecule has 1 N–H and O–H groups in total. The number of carbonyl (C=O) groups excluding carboxylic acids is 1. The number of amides is 1. The standard InChI is InChI=1S/C22H26BrN3O5S/c1-6-9-31-22-18(23)11-17(12-20(22)30-4)13-24-25-21(27)14-26(32(5,28)29)19-8-7-15(2)10-16(19)3/h6-8,10-13H,1,9,14H2,2-5H3,(H,25,27)/b24-13-. The van der Waals surface area contributed by atoms with Crippen LogP contribution in [0.3, 0.4) is 0 Å². The van der Waals surface area contributed by atoms with E-state index >= 15 is 0 Å². The van der Waals surface area contributed by atoms with Gasteiger partial charge < -0.3 is 9.47 Å². The van der Waals surface area contributed by atoms with E-state index in [1.165, 1.54) is 13.3 Å². The van der Waals surface area contributed by atoms with Gasteiger partial charge in [-0.15, -0.1) is 0 Å². The predicted molar refractivity (Wildman–Crippen MR) is 130 cm³/mol. The summed E-state index contributed by atoms with van der Waals surface area (Å²) in [5.41, 5.74) is 5.19. The molecular weight excluding hydrogens is 498 g/mol. The van der Waals surface area contributed by atoms with Crippen molar-refractivity contribution in [3.8, 4) is 11.5 Å². The van der Waals surface area contributed by atoms with Crippen LogP contribution in [0.15, 0.2) is 52.6 Å². The summed E-state index contributed by atoms with van der Waals surface area (Å²) < 4.78 is 37.2. The summed E-state index contributed by atoms with van der Waals surface area (Å²) in [6.07, 6.45) is 4.10. The van der Waals surface area contributed by atoms with Crippen LogP contribution >= 0.6 is 15.9 Å². The Morgan fingerprint density at radius 2 is 2.00 bits per heavy atom. The molecule has 10 heteroatoms. The van der Waals surface area contributed by atoms with Crippen molar-refractivity contribution in [2.45, 2.75) is 13.8 Å². The summed E-state index contributed by atoms with van der Waals surface area (Å²) in [6, 6.07) is 8.77. The maximum atomic E-state index is 12.4. The molecule has 0 fully saturated rings. The van der Waals surface area contributed by atoms with Crippen molar-refractivity contribution in [1.82, 2.24) is 5.43 Å². The van der Waals surface area contributed by atoms with Gasteiger partial charge in [-0.05, 0) is 59.1 Å². The minimum atomic E-state index is -3.68. The summed E-state index contributed by atoms with van der Waals surface area (Å²) in [7, 11) is -2.16. The number of aryl methyl sites for hydroxylation is 2. The van der Waals surface area contributed by atoms with Crippen LogP contribution in [-0.2, 0) is 14.8 Å². The van der Waals surface area contributed by atoms with E-state index in [4.69, 9.17) is 9.47 Å². The van der Waals surface area contributed by atoms with Gasteiger partial charge in [0.25, 0.3) is 5.91 Å². The van der Waals surface area contributed by atoms with Gasteiger partial charge in [0, 0.05) is 0 Å². The molecule has 0 atom stereocenters. The third-order valence-electron chi connectivity index (χ3n) is 4.31. The molecule has 0 aliphatic carbocycles. The Bertz CT molecular complexity index is 1130. The topological polar surface area (TPSA) is 97.3 Å². The average Bonchev–Trinajstić information content (AvgIpc) is 2.70. The van der Waals surface area contributed by atoms with Crippen molar-refractivity contribution in [2.24, 2.45) is 5.10 Å². The van der Waals surface area contributed by atoms with Crippen LogP contribution in [0.4, 0.5) is 5.69 Å². The highest BCUT2D eigenvalue weighted by Gasteiger charge is 2.22. The molecule has 2 aromatic carbocycles. The monoisotopic (exact) mass is 523 g/mol. The number of hydrogen-bond donors (Lipinski definition) is 1. The highest BCUT2D eigenvalue weighted by molar-refractivity contribution is 9.10. The van der Waals surface area contributed by atoms with Crippen molar-refractivity contribution in [2.75, 3.05) is 30.8 Å². The number of hydrogen-bond acceptors (Lipinski definition) is 6. The van der Waals surface area contributed by atoms with Crippen molar-refractivity contribution in [1.29, 1.82) is 0 Å². The quantitative estimate of drug-likeness (QED) is 0.291. The van der Waals surface area contributed by atoms with Gasteiger partial charge in [-0.3, -0.25) is 9.10 Å². The molecule has 32 heavy (non-hydrogen) atoms. The molecule has 0 radical (unpaired) electrons. The van der Waals surface area contributed by atoms with E-state index in [1.54, 1.807) is 37.3 Å². The molecule has 2 aromatic rings. The predicted octanol–water partition coefficient (Wildman–Crippen LogP) is 3.56. The molecule has 0 unspecified atom stereocenters. The molecule has 2 rings (SSSR count). The minimum absolute atomic E-state index is 0.315. The molecule has 0 saturated carbocycles. The highest BCUT2D eigenvalue weighted by Crippen LogP contribution is 2.36. The maximum Gasteiger partial charge on any atom is 0.260 e. The van der Waals surface area contributed by atoms with E-state index in [0.717, 1.165) is 21.7 Å². The zero-order chi connectivity index (χ0) is 23.9. The van der Waals surface area contributed by atoms with E-state index in [2.05, 4.69) is 33.0 Å². The third kappa shape index (κ3) is 6.83. The molecule has 0 bridgehead atoms. The van der Waals surface area contributed by atoms with Crippen LogP contribution in [-0.4, -0.2) is 47.1 Å². The van der Waals surface area contributed by atoms with E-state index in [9.17, 15) is 13.2 Å². The normalized spacial score (nSPS) is 11.3. The van der Waals surface area contributed by atoms with E-state index < -0.39 is 22.5 Å². The third-order valence-corrected chi connectivity index (χ3v) is 6.02. The van der Waals surface area contributed by atoms with E-state index in [-0.39, 0.29) is 0 Å². The fourth-order valence-electron chi connectivity index (χ4n) is 2.91. The number of rotatable bonds is 10. The second kappa shape index (κ2) is 11.1. The van der Waals surface area contributed by atoms with Crippen molar-refractivity contribution in [3.05, 3.63) is 64.1 Å². The number of sulfonamides is 1. The molecule has 0 aliphatic heterocycles. The Morgan fingerprint density at radius 3 is 2.59 bits per heavy atom. The molecule has 0 aromatic heterocycles. The van der Waals surface area contributed by atoms with Crippen LogP contribution in [0.1, 0.15) is 16.7 Å². The van der Waals surface area contributed by atoms with Crippen LogP contribution in [0, 0.1) is 13.8 Å². The lowest BCUT2D eigenvalue weighted by molar-refractivity contribution is -0.119. The number of ether oxygens (including phenoxy) is 2. The lowest BCUT2D eigenvalue weighted by Crippen LogP contribution is -2.39. The summed E-state index contributed by atoms with van der Waals surface area (Å²) >= 11 is 3.42. The largest absolute Gasteiger partial charge is 0.493 e. The average molecular weight is 524 g/mol. The first-order valence-electron chi connectivity index (χ1n) is 9.55. The second-order valence-corrected chi connectivity index (χ2v) is 9.75. The SMILES string of the molecule is C=CCOc1c(Br)cc(/C=N\NC(=O)CN(c2ccc(C)cc2C)S(C)(=O)=O)cc1OC. The lowest BCUT2D eigenvalue weighted by Gasteiger charge is -2.23. The highest BCUT2D eigenvalue weighted by atomic mass is 79.9. The smallest absolute Gasteiger partial charge is 0.260 e. The summed E-state index contributed by atoms with van der Waals surface area (Å²) in [4.78, 5) is 12.4. The van der Waals surface area contributed by atoms with Crippen molar-refractivity contribution in [3.63, 3.8) is 0 Å².